The topological polar surface area (TPSA) is 21.3 Å². The summed E-state index contributed by atoms with van der Waals surface area (Å²) < 4.78 is 5.96. The second kappa shape index (κ2) is 7.80. The van der Waals surface area contributed by atoms with E-state index < -0.39 is 0 Å². The first-order valence-corrected chi connectivity index (χ1v) is 8.26. The van der Waals surface area contributed by atoms with Crippen LogP contribution in [0.25, 0.3) is 10.8 Å². The number of ether oxygens (including phenoxy) is 1. The van der Waals surface area contributed by atoms with Crippen LogP contribution < -0.4 is 10.1 Å². The Balaban J connectivity index is 1.81. The second-order valence-electron chi connectivity index (χ2n) is 5.70. The molecule has 0 saturated heterocycles. The number of nitrogens with one attached hydrogen (secondary N) is 1. The van der Waals surface area contributed by atoms with Crippen molar-refractivity contribution in [1.82, 2.24) is 5.32 Å². The summed E-state index contributed by atoms with van der Waals surface area (Å²) in [7, 11) is 0. The van der Waals surface area contributed by atoms with E-state index in [-0.39, 0.29) is 0 Å². The molecule has 0 aliphatic rings. The molecule has 1 N–H and O–H groups in total. The van der Waals surface area contributed by atoms with E-state index in [1.54, 1.807) is 0 Å². The average Bonchev–Trinajstić information content (AvgIpc) is 2.61. The van der Waals surface area contributed by atoms with Crippen LogP contribution in [0.4, 0.5) is 0 Å². The summed E-state index contributed by atoms with van der Waals surface area (Å²) in [6.45, 7) is 4.55. The molecule has 0 aliphatic carbocycles. The average molecular weight is 305 g/mol. The van der Waals surface area contributed by atoms with Gasteiger partial charge in [-0.15, -0.1) is 0 Å². The molecule has 23 heavy (non-hydrogen) atoms. The maximum Gasteiger partial charge on any atom is 0.124 e. The van der Waals surface area contributed by atoms with E-state index >= 15 is 0 Å². The highest BCUT2D eigenvalue weighted by atomic mass is 16.5. The Labute approximate surface area is 138 Å². The Kier molecular flexibility index (Phi) is 5.28. The van der Waals surface area contributed by atoms with Crippen LogP contribution in [-0.4, -0.2) is 6.61 Å². The molecule has 0 heterocycles. The molecule has 2 nitrogen and oxygen atoms in total. The van der Waals surface area contributed by atoms with Crippen molar-refractivity contribution in [3.8, 4) is 5.75 Å². The smallest absolute Gasteiger partial charge is 0.124 e. The monoisotopic (exact) mass is 305 g/mol. The van der Waals surface area contributed by atoms with Gasteiger partial charge in [0.1, 0.15) is 5.75 Å². The number of rotatable bonds is 7. The van der Waals surface area contributed by atoms with E-state index in [0.29, 0.717) is 0 Å². The van der Waals surface area contributed by atoms with Crippen molar-refractivity contribution in [3.05, 3.63) is 77.9 Å². The first kappa shape index (κ1) is 15.6. The van der Waals surface area contributed by atoms with Crippen LogP contribution in [-0.2, 0) is 13.1 Å². The molecular weight excluding hydrogens is 282 g/mol. The molecule has 0 aromatic heterocycles. The molecule has 0 saturated carbocycles. The van der Waals surface area contributed by atoms with Gasteiger partial charge in [-0.05, 0) is 28.8 Å². The first-order chi connectivity index (χ1) is 11.4. The van der Waals surface area contributed by atoms with Crippen molar-refractivity contribution in [3.63, 3.8) is 0 Å². The van der Waals surface area contributed by atoms with Crippen LogP contribution in [0.1, 0.15) is 24.5 Å². The molecule has 3 aromatic carbocycles. The van der Waals surface area contributed by atoms with Gasteiger partial charge in [-0.3, -0.25) is 0 Å². The lowest BCUT2D eigenvalue weighted by molar-refractivity contribution is 0.314. The zero-order valence-corrected chi connectivity index (χ0v) is 13.6. The van der Waals surface area contributed by atoms with E-state index in [1.807, 2.05) is 6.07 Å². The summed E-state index contributed by atoms with van der Waals surface area (Å²) in [5, 5.41) is 6.07. The number of hydrogen-bond donors (Lipinski definition) is 1. The Hall–Kier alpha value is -2.32. The second-order valence-corrected chi connectivity index (χ2v) is 5.70. The number of fused-ring (bicyclic) bond motifs is 1. The fourth-order valence-electron chi connectivity index (χ4n) is 2.77. The highest BCUT2D eigenvalue weighted by Crippen LogP contribution is 2.28. The highest BCUT2D eigenvalue weighted by Gasteiger charge is 2.08. The predicted molar refractivity (Wildman–Crippen MR) is 96.7 cm³/mol. The normalized spacial score (nSPS) is 10.8. The molecule has 0 radical (unpaired) electrons. The van der Waals surface area contributed by atoms with Crippen molar-refractivity contribution in [2.45, 2.75) is 26.4 Å². The van der Waals surface area contributed by atoms with Crippen molar-refractivity contribution < 1.29 is 4.74 Å². The minimum atomic E-state index is 0.754. The van der Waals surface area contributed by atoms with Gasteiger partial charge < -0.3 is 10.1 Å². The van der Waals surface area contributed by atoms with E-state index in [1.165, 1.54) is 21.9 Å². The Morgan fingerprint density at radius 2 is 1.61 bits per heavy atom. The van der Waals surface area contributed by atoms with E-state index in [4.69, 9.17) is 4.74 Å². The molecule has 0 unspecified atom stereocenters. The molecule has 2 heteroatoms. The van der Waals surface area contributed by atoms with Gasteiger partial charge in [-0.1, -0.05) is 67.6 Å². The van der Waals surface area contributed by atoms with Gasteiger partial charge >= 0.3 is 0 Å². The van der Waals surface area contributed by atoms with Gasteiger partial charge in [0.15, 0.2) is 0 Å². The van der Waals surface area contributed by atoms with Gasteiger partial charge in [0.2, 0.25) is 0 Å². The summed E-state index contributed by atoms with van der Waals surface area (Å²) in [5.74, 6) is 0.992. The van der Waals surface area contributed by atoms with Crippen LogP contribution in [0.15, 0.2) is 66.7 Å². The molecular formula is C21H23NO. The minimum absolute atomic E-state index is 0.754. The first-order valence-electron chi connectivity index (χ1n) is 8.26. The molecule has 0 fully saturated rings. The molecule has 0 spiro atoms. The maximum atomic E-state index is 5.96. The lowest BCUT2D eigenvalue weighted by Crippen LogP contribution is -2.14. The largest absolute Gasteiger partial charge is 0.493 e. The summed E-state index contributed by atoms with van der Waals surface area (Å²) in [6, 6.07) is 23.2. The third kappa shape index (κ3) is 3.91. The number of benzene rings is 3. The van der Waals surface area contributed by atoms with Gasteiger partial charge in [0.25, 0.3) is 0 Å². The summed E-state index contributed by atoms with van der Waals surface area (Å²) in [5.41, 5.74) is 2.54. The Morgan fingerprint density at radius 3 is 2.43 bits per heavy atom. The fourth-order valence-corrected chi connectivity index (χ4v) is 2.77. The summed E-state index contributed by atoms with van der Waals surface area (Å²) in [6.07, 6.45) is 1.02. The van der Waals surface area contributed by atoms with Gasteiger partial charge in [-0.2, -0.15) is 0 Å². The maximum absolute atomic E-state index is 5.96. The molecule has 0 aliphatic heterocycles. The van der Waals surface area contributed by atoms with E-state index in [2.05, 4.69) is 72.9 Å². The number of hydrogen-bond acceptors (Lipinski definition) is 2. The summed E-state index contributed by atoms with van der Waals surface area (Å²) >= 11 is 0. The molecule has 3 rings (SSSR count). The lowest BCUT2D eigenvalue weighted by Gasteiger charge is -2.15. The fraction of sp³-hybridized carbons (Fsp3) is 0.238. The third-order valence-corrected chi connectivity index (χ3v) is 3.93. The predicted octanol–water partition coefficient (Wildman–Crippen LogP) is 4.92. The zero-order chi connectivity index (χ0) is 15.9. The Bertz CT molecular complexity index is 752. The summed E-state index contributed by atoms with van der Waals surface area (Å²) in [4.78, 5) is 0. The van der Waals surface area contributed by atoms with Crippen molar-refractivity contribution >= 4 is 10.8 Å². The van der Waals surface area contributed by atoms with Crippen LogP contribution in [0, 0.1) is 0 Å². The van der Waals surface area contributed by atoms with Crippen LogP contribution in [0.3, 0.4) is 0 Å². The van der Waals surface area contributed by atoms with E-state index in [9.17, 15) is 0 Å². The Morgan fingerprint density at radius 1 is 0.826 bits per heavy atom. The van der Waals surface area contributed by atoms with Crippen LogP contribution in [0.5, 0.6) is 5.75 Å². The molecule has 3 aromatic rings. The van der Waals surface area contributed by atoms with Crippen LogP contribution in [0.2, 0.25) is 0 Å². The van der Waals surface area contributed by atoms with Crippen molar-refractivity contribution in [2.75, 3.05) is 6.61 Å². The third-order valence-electron chi connectivity index (χ3n) is 3.93. The molecule has 0 bridgehead atoms. The van der Waals surface area contributed by atoms with Gasteiger partial charge in [0.05, 0.1) is 6.61 Å². The molecule has 0 atom stereocenters. The quantitative estimate of drug-likeness (QED) is 0.669. The van der Waals surface area contributed by atoms with Crippen molar-refractivity contribution in [2.24, 2.45) is 0 Å². The van der Waals surface area contributed by atoms with E-state index in [0.717, 1.165) is 31.9 Å². The standard InChI is InChI=1S/C21H23NO/c1-2-14-23-21-13-12-18-10-6-7-11-19(18)20(21)16-22-15-17-8-4-3-5-9-17/h3-13,22H,2,14-16H2,1H3. The molecule has 0 amide bonds. The lowest BCUT2D eigenvalue weighted by atomic mass is 10.0. The molecule has 118 valence electrons. The van der Waals surface area contributed by atoms with Crippen LogP contribution >= 0.6 is 0 Å². The van der Waals surface area contributed by atoms with Gasteiger partial charge in [-0.25, -0.2) is 0 Å². The van der Waals surface area contributed by atoms with Crippen molar-refractivity contribution in [1.29, 1.82) is 0 Å². The van der Waals surface area contributed by atoms with Gasteiger partial charge in [0, 0.05) is 18.7 Å². The zero-order valence-electron chi connectivity index (χ0n) is 13.6. The minimum Gasteiger partial charge on any atom is -0.493 e. The SMILES string of the molecule is CCCOc1ccc2ccccc2c1CNCc1ccccc1. The highest BCUT2D eigenvalue weighted by molar-refractivity contribution is 5.87.